The Balaban J connectivity index is 1.79. The Hall–Kier alpha value is -0.0800. The van der Waals surface area contributed by atoms with Crippen molar-refractivity contribution in [3.8, 4) is 0 Å². The van der Waals surface area contributed by atoms with Gasteiger partial charge in [-0.05, 0) is 56.5 Å². The maximum atomic E-state index is 5.91. The van der Waals surface area contributed by atoms with E-state index in [4.69, 9.17) is 5.73 Å². The standard InChI is InChI=1S/C14H28N2/c1-2-16(10-12-7-8-12)11-14-6-4-3-5-13(14)9-15/h12-14H,2-11,15H2,1H3. The normalized spacial score (nSPS) is 30.9. The van der Waals surface area contributed by atoms with Gasteiger partial charge in [-0.25, -0.2) is 0 Å². The summed E-state index contributed by atoms with van der Waals surface area (Å²) in [4.78, 5) is 2.68. The van der Waals surface area contributed by atoms with Gasteiger partial charge >= 0.3 is 0 Å². The zero-order chi connectivity index (χ0) is 11.4. The van der Waals surface area contributed by atoms with Crippen LogP contribution in [0.4, 0.5) is 0 Å². The molecule has 0 amide bonds. The lowest BCUT2D eigenvalue weighted by atomic mass is 9.79. The average Bonchev–Trinajstić information content (AvgIpc) is 3.13. The van der Waals surface area contributed by atoms with Crippen LogP contribution in [0.2, 0.25) is 0 Å². The van der Waals surface area contributed by atoms with Crippen molar-refractivity contribution >= 4 is 0 Å². The van der Waals surface area contributed by atoms with Crippen molar-refractivity contribution in [1.29, 1.82) is 0 Å². The molecule has 0 radical (unpaired) electrons. The summed E-state index contributed by atoms with van der Waals surface area (Å²) in [6, 6.07) is 0. The first-order valence-electron chi connectivity index (χ1n) is 7.26. The fraction of sp³-hybridized carbons (Fsp3) is 1.00. The summed E-state index contributed by atoms with van der Waals surface area (Å²) in [5.74, 6) is 2.72. The van der Waals surface area contributed by atoms with E-state index in [0.29, 0.717) is 0 Å². The lowest BCUT2D eigenvalue weighted by molar-refractivity contribution is 0.155. The van der Waals surface area contributed by atoms with Crippen LogP contribution in [0.15, 0.2) is 0 Å². The van der Waals surface area contributed by atoms with Gasteiger partial charge in [-0.1, -0.05) is 19.8 Å². The van der Waals surface area contributed by atoms with E-state index in [1.54, 1.807) is 0 Å². The SMILES string of the molecule is CCN(CC1CC1)CC1CCCCC1CN. The second kappa shape index (κ2) is 6.02. The van der Waals surface area contributed by atoms with Gasteiger partial charge in [0.25, 0.3) is 0 Å². The third-order valence-electron chi connectivity index (χ3n) is 4.52. The first-order chi connectivity index (χ1) is 7.83. The molecule has 0 aromatic heterocycles. The van der Waals surface area contributed by atoms with Crippen molar-refractivity contribution in [3.63, 3.8) is 0 Å². The van der Waals surface area contributed by atoms with Crippen LogP contribution in [0.1, 0.15) is 45.4 Å². The fourth-order valence-electron chi connectivity index (χ4n) is 3.17. The first kappa shape index (κ1) is 12.4. The number of hydrogen-bond acceptors (Lipinski definition) is 2. The highest BCUT2D eigenvalue weighted by atomic mass is 15.1. The summed E-state index contributed by atoms with van der Waals surface area (Å²) in [5.41, 5.74) is 5.91. The van der Waals surface area contributed by atoms with E-state index in [1.165, 1.54) is 58.2 Å². The second-order valence-corrected chi connectivity index (χ2v) is 5.84. The summed E-state index contributed by atoms with van der Waals surface area (Å²) in [6.07, 6.45) is 8.59. The van der Waals surface area contributed by atoms with E-state index in [0.717, 1.165) is 24.3 Å². The van der Waals surface area contributed by atoms with Crippen LogP contribution in [0.5, 0.6) is 0 Å². The Morgan fingerprint density at radius 2 is 1.69 bits per heavy atom. The molecular weight excluding hydrogens is 196 g/mol. The van der Waals surface area contributed by atoms with Crippen molar-refractivity contribution in [2.75, 3.05) is 26.2 Å². The highest BCUT2D eigenvalue weighted by Gasteiger charge is 2.28. The number of hydrogen-bond donors (Lipinski definition) is 1. The highest BCUT2D eigenvalue weighted by Crippen LogP contribution is 2.33. The minimum absolute atomic E-state index is 0.807. The molecule has 0 aromatic rings. The topological polar surface area (TPSA) is 29.3 Å². The minimum atomic E-state index is 0.807. The monoisotopic (exact) mass is 224 g/mol. The lowest BCUT2D eigenvalue weighted by Gasteiger charge is -2.34. The van der Waals surface area contributed by atoms with Crippen LogP contribution in [-0.4, -0.2) is 31.1 Å². The number of nitrogens with zero attached hydrogens (tertiary/aromatic N) is 1. The Bertz CT molecular complexity index is 201. The van der Waals surface area contributed by atoms with Gasteiger partial charge < -0.3 is 10.6 Å². The Labute approximate surface area is 101 Å². The molecule has 16 heavy (non-hydrogen) atoms. The molecule has 2 aliphatic rings. The van der Waals surface area contributed by atoms with Gasteiger partial charge in [0.2, 0.25) is 0 Å². The van der Waals surface area contributed by atoms with Crippen LogP contribution in [0.3, 0.4) is 0 Å². The van der Waals surface area contributed by atoms with E-state index in [9.17, 15) is 0 Å². The molecule has 0 spiro atoms. The third-order valence-corrected chi connectivity index (χ3v) is 4.52. The number of rotatable bonds is 6. The lowest BCUT2D eigenvalue weighted by Crippen LogP contribution is -2.38. The summed E-state index contributed by atoms with van der Waals surface area (Å²) in [6.45, 7) is 7.11. The van der Waals surface area contributed by atoms with Gasteiger partial charge in [0.15, 0.2) is 0 Å². The van der Waals surface area contributed by atoms with Gasteiger partial charge in [-0.15, -0.1) is 0 Å². The molecule has 0 aromatic carbocycles. The highest BCUT2D eigenvalue weighted by molar-refractivity contribution is 4.82. The molecule has 2 N–H and O–H groups in total. The average molecular weight is 224 g/mol. The first-order valence-corrected chi connectivity index (χ1v) is 7.26. The molecule has 2 saturated carbocycles. The Morgan fingerprint density at radius 3 is 2.25 bits per heavy atom. The minimum Gasteiger partial charge on any atom is -0.330 e. The van der Waals surface area contributed by atoms with Crippen molar-refractivity contribution in [1.82, 2.24) is 4.90 Å². The zero-order valence-corrected chi connectivity index (χ0v) is 10.8. The van der Waals surface area contributed by atoms with E-state index in [1.807, 2.05) is 0 Å². The zero-order valence-electron chi connectivity index (χ0n) is 10.8. The van der Waals surface area contributed by atoms with E-state index in [-0.39, 0.29) is 0 Å². The predicted molar refractivity (Wildman–Crippen MR) is 69.3 cm³/mol. The maximum Gasteiger partial charge on any atom is 0.00128 e. The second-order valence-electron chi connectivity index (χ2n) is 5.84. The van der Waals surface area contributed by atoms with Crippen LogP contribution in [0, 0.1) is 17.8 Å². The molecule has 2 fully saturated rings. The summed E-state index contributed by atoms with van der Waals surface area (Å²) in [7, 11) is 0. The van der Waals surface area contributed by atoms with Gasteiger partial charge in [0, 0.05) is 13.1 Å². The Kier molecular flexibility index (Phi) is 4.66. The smallest absolute Gasteiger partial charge is 0.00128 e. The molecule has 2 atom stereocenters. The molecule has 2 aliphatic carbocycles. The van der Waals surface area contributed by atoms with E-state index >= 15 is 0 Å². The maximum absolute atomic E-state index is 5.91. The number of nitrogens with two attached hydrogens (primary N) is 1. The molecule has 2 nitrogen and oxygen atoms in total. The van der Waals surface area contributed by atoms with Crippen molar-refractivity contribution < 1.29 is 0 Å². The van der Waals surface area contributed by atoms with Crippen LogP contribution < -0.4 is 5.73 Å². The predicted octanol–water partition coefficient (Wildman–Crippen LogP) is 2.48. The van der Waals surface area contributed by atoms with Crippen molar-refractivity contribution in [3.05, 3.63) is 0 Å². The summed E-state index contributed by atoms with van der Waals surface area (Å²) < 4.78 is 0. The Morgan fingerprint density at radius 1 is 1.00 bits per heavy atom. The van der Waals surface area contributed by atoms with Crippen molar-refractivity contribution in [2.45, 2.75) is 45.4 Å². The van der Waals surface area contributed by atoms with Gasteiger partial charge in [-0.3, -0.25) is 0 Å². The molecule has 94 valence electrons. The quantitative estimate of drug-likeness (QED) is 0.751. The van der Waals surface area contributed by atoms with Gasteiger partial charge in [0.05, 0.1) is 0 Å². The van der Waals surface area contributed by atoms with E-state index < -0.39 is 0 Å². The fourth-order valence-corrected chi connectivity index (χ4v) is 3.17. The molecule has 0 heterocycles. The summed E-state index contributed by atoms with van der Waals surface area (Å²) >= 11 is 0. The third kappa shape index (κ3) is 3.46. The molecule has 0 saturated heterocycles. The molecule has 0 aliphatic heterocycles. The van der Waals surface area contributed by atoms with Gasteiger partial charge in [-0.2, -0.15) is 0 Å². The van der Waals surface area contributed by atoms with Crippen LogP contribution in [0.25, 0.3) is 0 Å². The largest absolute Gasteiger partial charge is 0.330 e. The molecule has 2 unspecified atom stereocenters. The van der Waals surface area contributed by atoms with Crippen LogP contribution >= 0.6 is 0 Å². The summed E-state index contributed by atoms with van der Waals surface area (Å²) in [5, 5.41) is 0. The molecule has 2 heteroatoms. The molecule has 2 rings (SSSR count). The van der Waals surface area contributed by atoms with Crippen LogP contribution in [-0.2, 0) is 0 Å². The van der Waals surface area contributed by atoms with Gasteiger partial charge in [0.1, 0.15) is 0 Å². The van der Waals surface area contributed by atoms with E-state index in [2.05, 4.69) is 11.8 Å². The molecular formula is C14H28N2. The molecule has 0 bridgehead atoms. The van der Waals surface area contributed by atoms with Crippen molar-refractivity contribution in [2.24, 2.45) is 23.5 Å².